The molecule has 0 unspecified atom stereocenters. The fourth-order valence-electron chi connectivity index (χ4n) is 3.73. The zero-order chi connectivity index (χ0) is 22.2. The molecule has 0 bridgehead atoms. The Hall–Kier alpha value is -2.88. The molecule has 0 radical (unpaired) electrons. The van der Waals surface area contributed by atoms with Crippen molar-refractivity contribution in [2.24, 2.45) is 0 Å². The van der Waals surface area contributed by atoms with Crippen molar-refractivity contribution in [1.82, 2.24) is 5.32 Å². The van der Waals surface area contributed by atoms with Gasteiger partial charge in [0.2, 0.25) is 0 Å². The highest BCUT2D eigenvalue weighted by Gasteiger charge is 2.16. The summed E-state index contributed by atoms with van der Waals surface area (Å²) in [4.78, 5) is 14.5. The smallest absolute Gasteiger partial charge is 0.257 e. The second kappa shape index (κ2) is 11.1. The summed E-state index contributed by atoms with van der Waals surface area (Å²) in [5, 5.41) is 9.81. The summed E-state index contributed by atoms with van der Waals surface area (Å²) < 4.78 is 16.5. The molecule has 0 aromatic heterocycles. The van der Waals surface area contributed by atoms with Gasteiger partial charge in [0, 0.05) is 24.7 Å². The Bertz CT molecular complexity index is 949. The van der Waals surface area contributed by atoms with Gasteiger partial charge in [0.15, 0.2) is 16.6 Å². The maximum absolute atomic E-state index is 12.9. The molecule has 0 atom stereocenters. The Balaban J connectivity index is 1.29. The molecule has 8 nitrogen and oxygen atoms in total. The number of amides is 1. The number of nitrogens with one attached hydrogen (secondary N) is 4. The Labute approximate surface area is 193 Å². The van der Waals surface area contributed by atoms with E-state index >= 15 is 0 Å². The number of fused-ring (bicyclic) bond motifs is 1. The number of morpholine rings is 1. The maximum atomic E-state index is 12.9. The number of hydrogen-bond acceptors (Lipinski definition) is 5. The molecule has 1 saturated heterocycles. The van der Waals surface area contributed by atoms with E-state index in [1.54, 1.807) is 29.2 Å². The summed E-state index contributed by atoms with van der Waals surface area (Å²) in [6.45, 7) is 6.70. The van der Waals surface area contributed by atoms with Crippen LogP contribution in [0.2, 0.25) is 0 Å². The number of para-hydroxylation sites is 1. The number of benzene rings is 2. The third kappa shape index (κ3) is 6.09. The predicted octanol–water partition coefficient (Wildman–Crippen LogP) is 1.30. The van der Waals surface area contributed by atoms with E-state index in [0.29, 0.717) is 46.8 Å². The van der Waals surface area contributed by atoms with Crippen molar-refractivity contribution in [2.75, 3.05) is 63.2 Å². The van der Waals surface area contributed by atoms with Gasteiger partial charge in [-0.15, -0.1) is 0 Å². The van der Waals surface area contributed by atoms with Gasteiger partial charge in [0.25, 0.3) is 5.91 Å². The number of anilines is 2. The van der Waals surface area contributed by atoms with E-state index < -0.39 is 0 Å². The lowest BCUT2D eigenvalue weighted by atomic mass is 10.1. The van der Waals surface area contributed by atoms with Crippen LogP contribution in [0.5, 0.6) is 11.5 Å². The molecular formula is C23H29N4O4S+. The molecule has 2 aromatic rings. The van der Waals surface area contributed by atoms with E-state index in [4.69, 9.17) is 26.4 Å². The Morgan fingerprint density at radius 1 is 0.969 bits per heavy atom. The summed E-state index contributed by atoms with van der Waals surface area (Å²) in [5.74, 6) is 1.08. The number of hydrogen-bond donors (Lipinski definition) is 4. The van der Waals surface area contributed by atoms with Crippen LogP contribution in [0.4, 0.5) is 11.4 Å². The molecule has 170 valence electrons. The average molecular weight is 458 g/mol. The highest BCUT2D eigenvalue weighted by atomic mass is 32.1. The number of quaternary nitrogens is 1. The van der Waals surface area contributed by atoms with Gasteiger partial charge >= 0.3 is 0 Å². The van der Waals surface area contributed by atoms with Gasteiger partial charge in [0.1, 0.15) is 26.3 Å². The van der Waals surface area contributed by atoms with Crippen molar-refractivity contribution in [1.29, 1.82) is 0 Å². The summed E-state index contributed by atoms with van der Waals surface area (Å²) in [7, 11) is 0. The van der Waals surface area contributed by atoms with Gasteiger partial charge in [-0.2, -0.15) is 0 Å². The molecule has 0 spiro atoms. The molecule has 2 aliphatic rings. The van der Waals surface area contributed by atoms with Crippen molar-refractivity contribution >= 4 is 34.6 Å². The van der Waals surface area contributed by atoms with Crippen LogP contribution in [0.1, 0.15) is 16.8 Å². The molecule has 1 fully saturated rings. The Morgan fingerprint density at radius 2 is 1.75 bits per heavy atom. The zero-order valence-corrected chi connectivity index (χ0v) is 18.8. The fourth-order valence-corrected chi connectivity index (χ4v) is 3.94. The number of carbonyl (C=O) groups is 1. The average Bonchev–Trinajstić information content (AvgIpc) is 2.83. The Kier molecular flexibility index (Phi) is 7.76. The monoisotopic (exact) mass is 457 g/mol. The normalized spacial score (nSPS) is 15.6. The first-order valence-electron chi connectivity index (χ1n) is 11.0. The van der Waals surface area contributed by atoms with Gasteiger partial charge in [0.05, 0.1) is 31.0 Å². The van der Waals surface area contributed by atoms with Crippen molar-refractivity contribution < 1.29 is 23.9 Å². The first kappa shape index (κ1) is 22.3. The topological polar surface area (TPSA) is 85.3 Å². The minimum atomic E-state index is -0.233. The van der Waals surface area contributed by atoms with Gasteiger partial charge < -0.3 is 35.1 Å². The highest BCUT2D eigenvalue weighted by molar-refractivity contribution is 7.80. The summed E-state index contributed by atoms with van der Waals surface area (Å²) in [6, 6.07) is 12.7. The lowest BCUT2D eigenvalue weighted by Gasteiger charge is -2.23. The lowest BCUT2D eigenvalue weighted by molar-refractivity contribution is -0.908. The molecule has 0 saturated carbocycles. The van der Waals surface area contributed by atoms with Crippen LogP contribution in [0.3, 0.4) is 0 Å². The lowest BCUT2D eigenvalue weighted by Crippen LogP contribution is -3.14. The molecule has 1 amide bonds. The number of thiocarbonyl (C=S) groups is 1. The van der Waals surface area contributed by atoms with Crippen LogP contribution in [0.15, 0.2) is 42.5 Å². The van der Waals surface area contributed by atoms with Crippen LogP contribution in [-0.2, 0) is 4.74 Å². The quantitative estimate of drug-likeness (QED) is 0.368. The van der Waals surface area contributed by atoms with Gasteiger partial charge in [-0.1, -0.05) is 12.1 Å². The van der Waals surface area contributed by atoms with Crippen molar-refractivity contribution in [3.63, 3.8) is 0 Å². The molecule has 4 rings (SSSR count). The van der Waals surface area contributed by atoms with Crippen LogP contribution in [-0.4, -0.2) is 63.6 Å². The first-order chi connectivity index (χ1) is 15.7. The summed E-state index contributed by atoms with van der Waals surface area (Å²) in [5.41, 5.74) is 1.79. The molecular weight excluding hydrogens is 428 g/mol. The number of carbonyl (C=O) groups excluding carboxylic acids is 1. The van der Waals surface area contributed by atoms with E-state index in [1.807, 2.05) is 18.2 Å². The van der Waals surface area contributed by atoms with Crippen LogP contribution < -0.4 is 30.3 Å². The molecule has 32 heavy (non-hydrogen) atoms. The van der Waals surface area contributed by atoms with Crippen LogP contribution in [0.25, 0.3) is 0 Å². The fraction of sp³-hybridized carbons (Fsp3) is 0.391. The number of ether oxygens (including phenoxy) is 3. The first-order valence-corrected chi connectivity index (χ1v) is 11.4. The third-order valence-electron chi connectivity index (χ3n) is 5.41. The van der Waals surface area contributed by atoms with Crippen LogP contribution in [0, 0.1) is 0 Å². The zero-order valence-electron chi connectivity index (χ0n) is 17.9. The molecule has 2 aromatic carbocycles. The molecule has 9 heteroatoms. The summed E-state index contributed by atoms with van der Waals surface area (Å²) in [6.07, 6.45) is 1.02. The largest absolute Gasteiger partial charge is 0.486 e. The van der Waals surface area contributed by atoms with E-state index in [9.17, 15) is 4.79 Å². The molecule has 0 aliphatic carbocycles. The second-order valence-electron chi connectivity index (χ2n) is 7.70. The third-order valence-corrected chi connectivity index (χ3v) is 5.66. The number of rotatable bonds is 7. The van der Waals surface area contributed by atoms with Gasteiger partial charge in [-0.25, -0.2) is 0 Å². The molecule has 2 heterocycles. The Morgan fingerprint density at radius 3 is 2.59 bits per heavy atom. The maximum Gasteiger partial charge on any atom is 0.257 e. The standard InChI is InChI=1S/C23H28N4O4S/c28-22(25-17-6-7-20-21(16-17)31-15-14-30-20)18-4-1-2-5-19(18)26-23(32)24-8-3-9-27-10-12-29-13-11-27/h1-2,4-7,16H,3,8-15H2,(H,25,28)(H2,24,26,32)/p+1. The van der Waals surface area contributed by atoms with E-state index in [2.05, 4.69) is 16.0 Å². The summed E-state index contributed by atoms with van der Waals surface area (Å²) >= 11 is 5.44. The highest BCUT2D eigenvalue weighted by Crippen LogP contribution is 2.32. The van der Waals surface area contributed by atoms with E-state index in [0.717, 1.165) is 45.8 Å². The second-order valence-corrected chi connectivity index (χ2v) is 8.11. The molecule has 4 N–H and O–H groups in total. The minimum Gasteiger partial charge on any atom is -0.486 e. The SMILES string of the molecule is O=C(Nc1ccc2c(c1)OCCO2)c1ccccc1NC(=S)NCCC[NH+]1CCOCC1. The van der Waals surface area contributed by atoms with Gasteiger partial charge in [-0.3, -0.25) is 4.79 Å². The van der Waals surface area contributed by atoms with Crippen molar-refractivity contribution in [3.8, 4) is 11.5 Å². The van der Waals surface area contributed by atoms with Crippen LogP contribution >= 0.6 is 12.2 Å². The van der Waals surface area contributed by atoms with Crippen molar-refractivity contribution in [2.45, 2.75) is 6.42 Å². The molecule has 2 aliphatic heterocycles. The van der Waals surface area contributed by atoms with E-state index in [-0.39, 0.29) is 5.91 Å². The van der Waals surface area contributed by atoms with Gasteiger partial charge in [-0.05, 0) is 36.5 Å². The minimum absolute atomic E-state index is 0.233. The van der Waals surface area contributed by atoms with E-state index in [1.165, 1.54) is 0 Å². The predicted molar refractivity (Wildman–Crippen MR) is 127 cm³/mol. The van der Waals surface area contributed by atoms with Crippen molar-refractivity contribution in [3.05, 3.63) is 48.0 Å².